The second kappa shape index (κ2) is 11.1. The molecule has 1 atom stereocenters. The van der Waals surface area contributed by atoms with E-state index in [4.69, 9.17) is 14.2 Å². The van der Waals surface area contributed by atoms with Gasteiger partial charge in [-0.25, -0.2) is 14.8 Å². The molecule has 1 aliphatic heterocycles. The number of ether oxygens (including phenoxy) is 3. The number of hydrogen-bond donors (Lipinski definition) is 3. The molecule has 11 nitrogen and oxygen atoms in total. The zero-order chi connectivity index (χ0) is 23.9. The van der Waals surface area contributed by atoms with Crippen LogP contribution in [0.2, 0.25) is 0 Å². The maximum atomic E-state index is 12.5. The zero-order valence-electron chi connectivity index (χ0n) is 19.0. The second-order valence-electron chi connectivity index (χ2n) is 8.26. The highest BCUT2D eigenvalue weighted by Gasteiger charge is 2.25. The summed E-state index contributed by atoms with van der Waals surface area (Å²) in [7, 11) is 1.54. The van der Waals surface area contributed by atoms with Crippen molar-refractivity contribution < 1.29 is 28.9 Å². The summed E-state index contributed by atoms with van der Waals surface area (Å²) in [6.45, 7) is 0.658. The number of carbonyl (C=O) groups excluding carboxylic acids is 2. The fraction of sp³-hybridized carbons (Fsp3) is 0.478. The second-order valence-corrected chi connectivity index (χ2v) is 8.26. The van der Waals surface area contributed by atoms with Gasteiger partial charge in [-0.3, -0.25) is 4.79 Å². The first-order valence-corrected chi connectivity index (χ1v) is 11.3. The van der Waals surface area contributed by atoms with E-state index in [1.54, 1.807) is 13.2 Å². The van der Waals surface area contributed by atoms with Gasteiger partial charge >= 0.3 is 6.09 Å². The van der Waals surface area contributed by atoms with Crippen LogP contribution in [-0.4, -0.2) is 71.3 Å². The summed E-state index contributed by atoms with van der Waals surface area (Å²) in [6, 6.07) is 7.62. The highest BCUT2D eigenvalue weighted by molar-refractivity contribution is 5.92. The van der Waals surface area contributed by atoms with Crippen LogP contribution in [0.15, 0.2) is 30.6 Å². The SMILES string of the molecule is COCOc1ccc2c(c1)CN(C(=O)O[C@@H](O)CNC(=O)c1cc(NC3CCC3)ncn1)CC2. The third-order valence-electron chi connectivity index (χ3n) is 5.82. The van der Waals surface area contributed by atoms with Crippen LogP contribution < -0.4 is 15.4 Å². The van der Waals surface area contributed by atoms with E-state index in [9.17, 15) is 14.7 Å². The summed E-state index contributed by atoms with van der Waals surface area (Å²) in [5.74, 6) is 0.733. The van der Waals surface area contributed by atoms with Crippen LogP contribution in [0.3, 0.4) is 0 Å². The van der Waals surface area contributed by atoms with Crippen LogP contribution in [0.4, 0.5) is 10.6 Å². The molecular weight excluding hydrogens is 442 g/mol. The lowest BCUT2D eigenvalue weighted by molar-refractivity contribution is -0.0619. The molecule has 2 amide bonds. The minimum atomic E-state index is -1.50. The zero-order valence-corrected chi connectivity index (χ0v) is 19.0. The number of nitrogens with one attached hydrogen (secondary N) is 2. The molecule has 1 fully saturated rings. The van der Waals surface area contributed by atoms with Crippen LogP contribution in [0.5, 0.6) is 5.75 Å². The summed E-state index contributed by atoms with van der Waals surface area (Å²) in [5.41, 5.74) is 2.22. The number of aromatic nitrogens is 2. The topological polar surface area (TPSA) is 135 Å². The Bertz CT molecular complexity index is 1020. The summed E-state index contributed by atoms with van der Waals surface area (Å²) in [6.07, 6.45) is 3.15. The average molecular weight is 472 g/mol. The monoisotopic (exact) mass is 471 g/mol. The van der Waals surface area contributed by atoms with E-state index < -0.39 is 18.3 Å². The van der Waals surface area contributed by atoms with E-state index in [0.29, 0.717) is 37.1 Å². The standard InChI is InChI=1S/C23H29N5O6/c1-32-14-33-18-6-5-15-7-8-28(12-16(15)9-18)23(31)34-21(29)11-24-22(30)19-10-20(26-13-25-19)27-17-3-2-4-17/h5-6,9-10,13,17,21,29H,2-4,7-8,11-12,14H2,1H3,(H,24,30)(H,25,26,27)/t21-/m1/s1. The van der Waals surface area contributed by atoms with E-state index in [1.807, 2.05) is 18.2 Å². The maximum Gasteiger partial charge on any atom is 0.412 e. The maximum absolute atomic E-state index is 12.5. The van der Waals surface area contributed by atoms with Crippen molar-refractivity contribution in [2.45, 2.75) is 44.6 Å². The van der Waals surface area contributed by atoms with E-state index in [1.165, 1.54) is 17.6 Å². The number of anilines is 1. The molecule has 1 aromatic carbocycles. The quantitative estimate of drug-likeness (QED) is 0.467. The first kappa shape index (κ1) is 23.7. The van der Waals surface area contributed by atoms with Gasteiger partial charge in [-0.2, -0.15) is 0 Å². The smallest absolute Gasteiger partial charge is 0.412 e. The molecule has 2 aromatic rings. The molecule has 34 heavy (non-hydrogen) atoms. The van der Waals surface area contributed by atoms with Crippen molar-refractivity contribution in [1.29, 1.82) is 0 Å². The third-order valence-corrected chi connectivity index (χ3v) is 5.82. The van der Waals surface area contributed by atoms with Gasteiger partial charge in [0.05, 0.1) is 6.54 Å². The van der Waals surface area contributed by atoms with E-state index in [2.05, 4.69) is 20.6 Å². The molecule has 182 valence electrons. The molecule has 0 radical (unpaired) electrons. The predicted octanol–water partition coefficient (Wildman–Crippen LogP) is 1.67. The van der Waals surface area contributed by atoms with Gasteiger partial charge < -0.3 is 34.9 Å². The van der Waals surface area contributed by atoms with Crippen LogP contribution in [0, 0.1) is 0 Å². The predicted molar refractivity (Wildman–Crippen MR) is 121 cm³/mol. The number of amides is 2. The van der Waals surface area contributed by atoms with Crippen molar-refractivity contribution in [3.8, 4) is 5.75 Å². The highest BCUT2D eigenvalue weighted by Crippen LogP contribution is 2.25. The van der Waals surface area contributed by atoms with Crippen LogP contribution in [0.25, 0.3) is 0 Å². The van der Waals surface area contributed by atoms with Crippen molar-refractivity contribution in [2.75, 3.05) is 32.3 Å². The van der Waals surface area contributed by atoms with Gasteiger partial charge in [0.1, 0.15) is 23.6 Å². The molecule has 0 bridgehead atoms. The van der Waals surface area contributed by atoms with E-state index in [-0.39, 0.29) is 19.0 Å². The van der Waals surface area contributed by atoms with Crippen LogP contribution in [0.1, 0.15) is 40.9 Å². The van der Waals surface area contributed by atoms with Crippen molar-refractivity contribution in [3.05, 3.63) is 47.4 Å². The summed E-state index contributed by atoms with van der Waals surface area (Å²) in [4.78, 5) is 34.5. The molecule has 0 unspecified atom stereocenters. The number of methoxy groups -OCH3 is 1. The number of benzene rings is 1. The fourth-order valence-electron chi connectivity index (χ4n) is 3.73. The largest absolute Gasteiger partial charge is 0.468 e. The van der Waals surface area contributed by atoms with Crippen molar-refractivity contribution in [3.63, 3.8) is 0 Å². The minimum absolute atomic E-state index is 0.135. The van der Waals surface area contributed by atoms with Crippen molar-refractivity contribution >= 4 is 17.8 Å². The number of rotatable bonds is 9. The Morgan fingerprint density at radius 3 is 2.85 bits per heavy atom. The Morgan fingerprint density at radius 2 is 2.09 bits per heavy atom. The Morgan fingerprint density at radius 1 is 1.24 bits per heavy atom. The van der Waals surface area contributed by atoms with Gasteiger partial charge in [0.25, 0.3) is 5.91 Å². The lowest BCUT2D eigenvalue weighted by atomic mass is 9.93. The molecule has 4 rings (SSSR count). The van der Waals surface area contributed by atoms with Crippen LogP contribution in [-0.2, 0) is 22.4 Å². The Labute approximate surface area is 197 Å². The number of aliphatic hydroxyl groups is 1. The normalized spacial score (nSPS) is 16.1. The molecule has 2 heterocycles. The molecule has 3 N–H and O–H groups in total. The summed E-state index contributed by atoms with van der Waals surface area (Å²) >= 11 is 0. The Hall–Kier alpha value is -3.44. The number of aliphatic hydroxyl groups excluding tert-OH is 1. The summed E-state index contributed by atoms with van der Waals surface area (Å²) < 4.78 is 15.5. The molecule has 0 saturated heterocycles. The molecule has 11 heteroatoms. The Kier molecular flexibility index (Phi) is 7.76. The van der Waals surface area contributed by atoms with Gasteiger partial charge in [0.2, 0.25) is 6.29 Å². The molecule has 0 spiro atoms. The molecule has 1 saturated carbocycles. The van der Waals surface area contributed by atoms with E-state index >= 15 is 0 Å². The minimum Gasteiger partial charge on any atom is -0.468 e. The molecule has 1 aliphatic carbocycles. The van der Waals surface area contributed by atoms with Gasteiger partial charge in [-0.1, -0.05) is 6.07 Å². The Balaban J connectivity index is 1.25. The molecule has 1 aromatic heterocycles. The lowest BCUT2D eigenvalue weighted by Gasteiger charge is -2.29. The third kappa shape index (κ3) is 6.12. The van der Waals surface area contributed by atoms with Crippen LogP contribution >= 0.6 is 0 Å². The highest BCUT2D eigenvalue weighted by atomic mass is 16.7. The van der Waals surface area contributed by atoms with Gasteiger partial charge in [0, 0.05) is 32.3 Å². The van der Waals surface area contributed by atoms with Crippen molar-refractivity contribution in [1.82, 2.24) is 20.2 Å². The van der Waals surface area contributed by atoms with Gasteiger partial charge in [-0.15, -0.1) is 0 Å². The van der Waals surface area contributed by atoms with Gasteiger partial charge in [0.15, 0.2) is 6.79 Å². The number of hydrogen-bond acceptors (Lipinski definition) is 9. The average Bonchev–Trinajstić information content (AvgIpc) is 2.83. The first-order chi connectivity index (χ1) is 16.5. The summed E-state index contributed by atoms with van der Waals surface area (Å²) in [5, 5.41) is 15.9. The fourth-order valence-corrected chi connectivity index (χ4v) is 3.73. The first-order valence-electron chi connectivity index (χ1n) is 11.3. The van der Waals surface area contributed by atoms with Crippen molar-refractivity contribution in [2.24, 2.45) is 0 Å². The lowest BCUT2D eigenvalue weighted by Crippen LogP contribution is -2.41. The molecular formula is C23H29N5O6. The number of fused-ring (bicyclic) bond motifs is 1. The number of nitrogens with zero attached hydrogens (tertiary/aromatic N) is 3. The number of carbonyl (C=O) groups is 2. The molecule has 2 aliphatic rings. The van der Waals surface area contributed by atoms with Gasteiger partial charge in [-0.05, 0) is 48.9 Å². The van der Waals surface area contributed by atoms with E-state index in [0.717, 1.165) is 24.0 Å².